The molecular formula is C18H27N3O. The molecule has 1 saturated heterocycles. The van der Waals surface area contributed by atoms with Crippen molar-refractivity contribution in [2.24, 2.45) is 0 Å². The van der Waals surface area contributed by atoms with Gasteiger partial charge in [0.05, 0.1) is 23.8 Å². The smallest absolute Gasteiger partial charge is 0.0991 e. The Kier molecular flexibility index (Phi) is 5.57. The van der Waals surface area contributed by atoms with Gasteiger partial charge in [0, 0.05) is 31.7 Å². The number of nitrogens with zero attached hydrogens (tertiary/aromatic N) is 2. The van der Waals surface area contributed by atoms with E-state index in [2.05, 4.69) is 50.0 Å². The van der Waals surface area contributed by atoms with E-state index in [0.717, 1.165) is 37.3 Å². The van der Waals surface area contributed by atoms with Crippen LogP contribution in [-0.2, 0) is 11.3 Å². The predicted molar refractivity (Wildman–Crippen MR) is 88.5 cm³/mol. The molecule has 4 nitrogen and oxygen atoms in total. The molecule has 0 aliphatic carbocycles. The van der Waals surface area contributed by atoms with Crippen LogP contribution < -0.4 is 5.32 Å². The summed E-state index contributed by atoms with van der Waals surface area (Å²) in [6, 6.07) is 9.96. The molecule has 0 amide bonds. The van der Waals surface area contributed by atoms with E-state index in [1.54, 1.807) is 0 Å². The normalized spacial score (nSPS) is 23.2. The molecule has 1 aromatic rings. The Balaban J connectivity index is 1.88. The third-order valence-corrected chi connectivity index (χ3v) is 4.22. The van der Waals surface area contributed by atoms with Gasteiger partial charge in [-0.05, 0) is 45.4 Å². The van der Waals surface area contributed by atoms with Crippen molar-refractivity contribution >= 4 is 0 Å². The van der Waals surface area contributed by atoms with Crippen LogP contribution in [0.15, 0.2) is 24.3 Å². The molecule has 1 aromatic carbocycles. The van der Waals surface area contributed by atoms with Crippen LogP contribution in [0.1, 0.15) is 38.8 Å². The van der Waals surface area contributed by atoms with Crippen molar-refractivity contribution < 1.29 is 4.74 Å². The third kappa shape index (κ3) is 4.54. The first-order valence-corrected chi connectivity index (χ1v) is 8.01. The van der Waals surface area contributed by atoms with Crippen LogP contribution in [0.25, 0.3) is 0 Å². The average Bonchev–Trinajstić information content (AvgIpc) is 2.46. The Morgan fingerprint density at radius 1 is 1.32 bits per heavy atom. The first kappa shape index (κ1) is 17.0. The summed E-state index contributed by atoms with van der Waals surface area (Å²) in [4.78, 5) is 2.50. The summed E-state index contributed by atoms with van der Waals surface area (Å²) in [7, 11) is 0. The summed E-state index contributed by atoms with van der Waals surface area (Å²) in [5.41, 5.74) is 1.95. The first-order valence-electron chi connectivity index (χ1n) is 8.01. The molecular weight excluding hydrogens is 274 g/mol. The van der Waals surface area contributed by atoms with Crippen LogP contribution in [0, 0.1) is 11.3 Å². The van der Waals surface area contributed by atoms with Crippen molar-refractivity contribution in [2.45, 2.75) is 52.0 Å². The first-order chi connectivity index (χ1) is 10.4. The number of ether oxygens (including phenoxy) is 1. The van der Waals surface area contributed by atoms with E-state index >= 15 is 0 Å². The fraction of sp³-hybridized carbons (Fsp3) is 0.611. The Bertz CT molecular complexity index is 525. The summed E-state index contributed by atoms with van der Waals surface area (Å²) >= 11 is 0. The van der Waals surface area contributed by atoms with Gasteiger partial charge in [-0.3, -0.25) is 4.90 Å². The molecule has 1 aliphatic heterocycles. The van der Waals surface area contributed by atoms with Gasteiger partial charge in [0.2, 0.25) is 0 Å². The van der Waals surface area contributed by atoms with Crippen molar-refractivity contribution in [3.63, 3.8) is 0 Å². The van der Waals surface area contributed by atoms with Crippen molar-refractivity contribution in [3.05, 3.63) is 35.4 Å². The largest absolute Gasteiger partial charge is 0.373 e. The van der Waals surface area contributed by atoms with Gasteiger partial charge in [-0.25, -0.2) is 0 Å². The quantitative estimate of drug-likeness (QED) is 0.908. The number of benzene rings is 1. The highest BCUT2D eigenvalue weighted by Gasteiger charge is 2.32. The molecule has 0 spiro atoms. The summed E-state index contributed by atoms with van der Waals surface area (Å²) in [5.74, 6) is 0. The van der Waals surface area contributed by atoms with Gasteiger partial charge >= 0.3 is 0 Å². The average molecular weight is 301 g/mol. The maximum Gasteiger partial charge on any atom is 0.0991 e. The minimum Gasteiger partial charge on any atom is -0.373 e. The Morgan fingerprint density at radius 3 is 2.64 bits per heavy atom. The molecule has 2 rings (SSSR count). The summed E-state index contributed by atoms with van der Waals surface area (Å²) < 4.78 is 5.82. The maximum absolute atomic E-state index is 8.95. The molecule has 1 N–H and O–H groups in total. The maximum atomic E-state index is 8.95. The lowest BCUT2D eigenvalue weighted by Crippen LogP contribution is -2.58. The van der Waals surface area contributed by atoms with Crippen LogP contribution in [-0.4, -0.2) is 42.3 Å². The summed E-state index contributed by atoms with van der Waals surface area (Å²) in [6.07, 6.45) is 0.575. The number of morpholine rings is 1. The number of rotatable bonds is 5. The number of hydrogen-bond donors (Lipinski definition) is 1. The lowest BCUT2D eigenvalue weighted by atomic mass is 10.00. The van der Waals surface area contributed by atoms with E-state index in [0.29, 0.717) is 0 Å². The summed E-state index contributed by atoms with van der Waals surface area (Å²) in [5, 5.41) is 12.5. The molecule has 2 atom stereocenters. The molecule has 1 heterocycles. The topological polar surface area (TPSA) is 48.3 Å². The fourth-order valence-corrected chi connectivity index (χ4v) is 3.05. The molecule has 0 unspecified atom stereocenters. The van der Waals surface area contributed by atoms with Crippen molar-refractivity contribution in [2.75, 3.05) is 19.6 Å². The van der Waals surface area contributed by atoms with Crippen molar-refractivity contribution in [3.8, 4) is 6.07 Å². The second-order valence-corrected chi connectivity index (χ2v) is 6.89. The highest BCUT2D eigenvalue weighted by Crippen LogP contribution is 2.20. The fourth-order valence-electron chi connectivity index (χ4n) is 3.05. The van der Waals surface area contributed by atoms with Gasteiger partial charge < -0.3 is 10.1 Å². The van der Waals surface area contributed by atoms with Gasteiger partial charge in [0.15, 0.2) is 0 Å². The Hall–Kier alpha value is -1.41. The SMILES string of the molecule is C[C@H]1CN(C(C)(C)CNCc2cccc(C#N)c2)C[C@H](C)O1. The standard InChI is InChI=1S/C18H27N3O/c1-14-11-21(12-15(2)22-14)18(3,4)13-20-10-17-7-5-6-16(8-17)9-19/h5-8,14-15,20H,10-13H2,1-4H3/t14-,15-/m0/s1. The summed E-state index contributed by atoms with van der Waals surface area (Å²) in [6.45, 7) is 12.5. The van der Waals surface area contributed by atoms with E-state index in [-0.39, 0.29) is 17.7 Å². The molecule has 22 heavy (non-hydrogen) atoms. The van der Waals surface area contributed by atoms with Gasteiger partial charge in [-0.2, -0.15) is 5.26 Å². The highest BCUT2D eigenvalue weighted by molar-refractivity contribution is 5.32. The minimum absolute atomic E-state index is 0.0825. The van der Waals surface area contributed by atoms with E-state index in [1.165, 1.54) is 0 Å². The van der Waals surface area contributed by atoms with Gasteiger partial charge in [0.1, 0.15) is 0 Å². The molecule has 4 heteroatoms. The zero-order valence-electron chi connectivity index (χ0n) is 14.1. The van der Waals surface area contributed by atoms with Crippen molar-refractivity contribution in [1.29, 1.82) is 5.26 Å². The predicted octanol–water partition coefficient (Wildman–Crippen LogP) is 2.54. The van der Waals surface area contributed by atoms with E-state index < -0.39 is 0 Å². The zero-order chi connectivity index (χ0) is 16.2. The number of hydrogen-bond acceptors (Lipinski definition) is 4. The highest BCUT2D eigenvalue weighted by atomic mass is 16.5. The van der Waals surface area contributed by atoms with E-state index in [9.17, 15) is 0 Å². The lowest BCUT2D eigenvalue weighted by molar-refractivity contribution is -0.0952. The van der Waals surface area contributed by atoms with Gasteiger partial charge in [-0.1, -0.05) is 12.1 Å². The van der Waals surface area contributed by atoms with Crippen molar-refractivity contribution in [1.82, 2.24) is 10.2 Å². The van der Waals surface area contributed by atoms with Crippen LogP contribution in [0.4, 0.5) is 0 Å². The molecule has 0 saturated carbocycles. The van der Waals surface area contributed by atoms with E-state index in [1.807, 2.05) is 18.2 Å². The van der Waals surface area contributed by atoms with Crippen LogP contribution in [0.2, 0.25) is 0 Å². The third-order valence-electron chi connectivity index (χ3n) is 4.22. The zero-order valence-corrected chi connectivity index (χ0v) is 14.1. The number of nitrogens with one attached hydrogen (secondary N) is 1. The lowest BCUT2D eigenvalue weighted by Gasteiger charge is -2.45. The van der Waals surface area contributed by atoms with Gasteiger partial charge in [0.25, 0.3) is 0 Å². The Labute approximate surface area is 134 Å². The molecule has 1 aliphatic rings. The molecule has 120 valence electrons. The molecule has 1 fully saturated rings. The second-order valence-electron chi connectivity index (χ2n) is 6.89. The number of nitriles is 1. The van der Waals surface area contributed by atoms with Gasteiger partial charge in [-0.15, -0.1) is 0 Å². The monoisotopic (exact) mass is 301 g/mol. The second kappa shape index (κ2) is 7.23. The molecule has 0 bridgehead atoms. The molecule has 0 aromatic heterocycles. The molecule has 0 radical (unpaired) electrons. The Morgan fingerprint density at radius 2 is 2.00 bits per heavy atom. The van der Waals surface area contributed by atoms with Crippen LogP contribution >= 0.6 is 0 Å². The van der Waals surface area contributed by atoms with Crippen LogP contribution in [0.3, 0.4) is 0 Å². The minimum atomic E-state index is 0.0825. The van der Waals surface area contributed by atoms with E-state index in [4.69, 9.17) is 10.00 Å². The van der Waals surface area contributed by atoms with Crippen LogP contribution in [0.5, 0.6) is 0 Å².